The first kappa shape index (κ1) is 14.0. The van der Waals surface area contributed by atoms with Crippen molar-refractivity contribution in [3.8, 4) is 0 Å². The summed E-state index contributed by atoms with van der Waals surface area (Å²) in [6.45, 7) is 4.99. The fraction of sp³-hybridized carbons (Fsp3) is 0.455. The average molecular weight is 266 g/mol. The van der Waals surface area contributed by atoms with Crippen molar-refractivity contribution in [3.63, 3.8) is 0 Å². The second-order valence-electron chi connectivity index (χ2n) is 4.70. The van der Waals surface area contributed by atoms with Crippen LogP contribution >= 0.6 is 0 Å². The molecule has 1 rings (SSSR count). The van der Waals surface area contributed by atoms with E-state index in [0.717, 1.165) is 6.07 Å². The van der Waals surface area contributed by atoms with Crippen molar-refractivity contribution < 1.29 is 21.6 Å². The molecule has 2 nitrogen and oxygen atoms in total. The molecular formula is C11H13F3O2S. The fourth-order valence-corrected chi connectivity index (χ4v) is 2.62. The van der Waals surface area contributed by atoms with E-state index in [0.29, 0.717) is 0 Å². The average Bonchev–Trinajstić information content (AvgIpc) is 2.14. The summed E-state index contributed by atoms with van der Waals surface area (Å²) in [6.07, 6.45) is 0. The lowest BCUT2D eigenvalue weighted by Crippen LogP contribution is -2.27. The van der Waals surface area contributed by atoms with Crippen molar-refractivity contribution in [2.75, 3.05) is 0 Å². The van der Waals surface area contributed by atoms with Crippen LogP contribution in [0.4, 0.5) is 13.2 Å². The number of hydrogen-bond donors (Lipinski definition) is 0. The van der Waals surface area contributed by atoms with E-state index in [1.807, 2.05) is 0 Å². The summed E-state index contributed by atoms with van der Waals surface area (Å²) < 4.78 is 60.3. The van der Waals surface area contributed by atoms with Crippen LogP contribution in [0.1, 0.15) is 26.3 Å². The Bertz CT molecular complexity index is 510. The lowest BCUT2D eigenvalue weighted by molar-refractivity contribution is -0.0436. The molecule has 0 N–H and O–H groups in total. The van der Waals surface area contributed by atoms with Crippen LogP contribution in [0.15, 0.2) is 29.2 Å². The molecule has 0 saturated carbocycles. The zero-order chi connectivity index (χ0) is 13.5. The Morgan fingerprint density at radius 1 is 1.00 bits per heavy atom. The van der Waals surface area contributed by atoms with Gasteiger partial charge in [-0.25, -0.2) is 8.42 Å². The SMILES string of the molecule is CC(C)(C)c1ccccc1S(=O)(=O)C(F)(F)F. The van der Waals surface area contributed by atoms with Gasteiger partial charge in [-0.3, -0.25) is 0 Å². The zero-order valence-corrected chi connectivity index (χ0v) is 10.5. The van der Waals surface area contributed by atoms with E-state index in [9.17, 15) is 21.6 Å². The summed E-state index contributed by atoms with van der Waals surface area (Å²) >= 11 is 0. The van der Waals surface area contributed by atoms with Crippen molar-refractivity contribution in [2.45, 2.75) is 36.6 Å². The highest BCUT2D eigenvalue weighted by atomic mass is 32.2. The van der Waals surface area contributed by atoms with Crippen molar-refractivity contribution in [1.82, 2.24) is 0 Å². The molecule has 0 aliphatic heterocycles. The number of halogens is 3. The highest BCUT2D eigenvalue weighted by molar-refractivity contribution is 7.92. The summed E-state index contributed by atoms with van der Waals surface area (Å²) in [5.41, 5.74) is -5.78. The Hall–Kier alpha value is -1.04. The van der Waals surface area contributed by atoms with Gasteiger partial charge in [-0.15, -0.1) is 0 Å². The molecule has 0 spiro atoms. The summed E-state index contributed by atoms with van der Waals surface area (Å²) in [5.74, 6) is 0. The van der Waals surface area contributed by atoms with E-state index in [4.69, 9.17) is 0 Å². The van der Waals surface area contributed by atoms with E-state index in [1.165, 1.54) is 18.2 Å². The van der Waals surface area contributed by atoms with Crippen LogP contribution in [0.2, 0.25) is 0 Å². The van der Waals surface area contributed by atoms with Gasteiger partial charge >= 0.3 is 5.51 Å². The number of rotatable bonds is 1. The van der Waals surface area contributed by atoms with Crippen LogP contribution in [0.3, 0.4) is 0 Å². The number of hydrogen-bond acceptors (Lipinski definition) is 2. The summed E-state index contributed by atoms with van der Waals surface area (Å²) in [4.78, 5) is -0.667. The van der Waals surface area contributed by atoms with Gasteiger partial charge in [0.1, 0.15) is 0 Å². The molecule has 0 bridgehead atoms. The molecule has 1 aromatic rings. The molecule has 6 heteroatoms. The van der Waals surface area contributed by atoms with Gasteiger partial charge in [0.2, 0.25) is 0 Å². The summed E-state index contributed by atoms with van der Waals surface area (Å²) in [7, 11) is -5.29. The predicted octanol–water partition coefficient (Wildman–Crippen LogP) is 3.28. The molecule has 1 aromatic carbocycles. The van der Waals surface area contributed by atoms with Crippen LogP contribution in [0.5, 0.6) is 0 Å². The van der Waals surface area contributed by atoms with Crippen molar-refractivity contribution in [2.24, 2.45) is 0 Å². The van der Waals surface area contributed by atoms with Gasteiger partial charge < -0.3 is 0 Å². The molecule has 17 heavy (non-hydrogen) atoms. The third-order valence-corrected chi connectivity index (χ3v) is 3.83. The van der Waals surface area contributed by atoms with E-state index in [1.54, 1.807) is 20.8 Å². The van der Waals surface area contributed by atoms with Crippen molar-refractivity contribution in [3.05, 3.63) is 29.8 Å². The smallest absolute Gasteiger partial charge is 0.214 e. The van der Waals surface area contributed by atoms with Crippen LogP contribution in [0, 0.1) is 0 Å². The first-order valence-corrected chi connectivity index (χ1v) is 6.37. The summed E-state index contributed by atoms with van der Waals surface area (Å²) in [6, 6.07) is 5.20. The quantitative estimate of drug-likeness (QED) is 0.781. The first-order chi connectivity index (χ1) is 7.48. The lowest BCUT2D eigenvalue weighted by atomic mass is 9.87. The molecular weight excluding hydrogens is 253 g/mol. The maximum atomic E-state index is 12.5. The van der Waals surface area contributed by atoms with Crippen molar-refractivity contribution in [1.29, 1.82) is 0 Å². The minimum atomic E-state index is -5.29. The standard InChI is InChI=1S/C11H13F3O2S/c1-10(2,3)8-6-4-5-7-9(8)17(15,16)11(12,13)14/h4-7H,1-3H3. The highest BCUT2D eigenvalue weighted by Crippen LogP contribution is 2.36. The van der Waals surface area contributed by atoms with Gasteiger partial charge in [-0.2, -0.15) is 13.2 Å². The topological polar surface area (TPSA) is 34.1 Å². The van der Waals surface area contributed by atoms with Gasteiger partial charge in [0.15, 0.2) is 0 Å². The third-order valence-electron chi connectivity index (χ3n) is 2.29. The molecule has 0 saturated heterocycles. The monoisotopic (exact) mass is 266 g/mol. The largest absolute Gasteiger partial charge is 0.501 e. The van der Waals surface area contributed by atoms with Gasteiger partial charge in [0, 0.05) is 0 Å². The van der Waals surface area contributed by atoms with Gasteiger partial charge in [-0.05, 0) is 17.0 Å². The highest BCUT2D eigenvalue weighted by Gasteiger charge is 2.48. The third kappa shape index (κ3) is 2.62. The second-order valence-corrected chi connectivity index (χ2v) is 6.60. The van der Waals surface area contributed by atoms with Crippen LogP contribution in [-0.4, -0.2) is 13.9 Å². The fourth-order valence-electron chi connectivity index (χ4n) is 1.45. The number of alkyl halides is 3. The Morgan fingerprint density at radius 3 is 1.88 bits per heavy atom. The van der Waals surface area contributed by atoms with E-state index >= 15 is 0 Å². The van der Waals surface area contributed by atoms with E-state index < -0.39 is 25.7 Å². The Labute approximate surface area is 98.4 Å². The molecule has 0 atom stereocenters. The first-order valence-electron chi connectivity index (χ1n) is 4.89. The van der Waals surface area contributed by atoms with Gasteiger partial charge in [-0.1, -0.05) is 39.0 Å². The molecule has 0 fully saturated rings. The predicted molar refractivity (Wildman–Crippen MR) is 58.4 cm³/mol. The molecule has 0 aromatic heterocycles. The molecule has 0 unspecified atom stereocenters. The van der Waals surface area contributed by atoms with Crippen LogP contribution < -0.4 is 0 Å². The minimum Gasteiger partial charge on any atom is -0.214 e. The maximum Gasteiger partial charge on any atom is 0.501 e. The molecule has 0 radical (unpaired) electrons. The molecule has 0 heterocycles. The van der Waals surface area contributed by atoms with E-state index in [-0.39, 0.29) is 5.56 Å². The maximum absolute atomic E-state index is 12.5. The molecule has 96 valence electrons. The lowest BCUT2D eigenvalue weighted by Gasteiger charge is -2.23. The number of sulfone groups is 1. The second kappa shape index (κ2) is 4.01. The number of benzene rings is 1. The molecule has 0 amide bonds. The molecule has 0 aliphatic carbocycles. The summed E-state index contributed by atoms with van der Waals surface area (Å²) in [5, 5.41) is 0. The van der Waals surface area contributed by atoms with E-state index in [2.05, 4.69) is 0 Å². The van der Waals surface area contributed by atoms with Gasteiger partial charge in [0.05, 0.1) is 4.90 Å². The van der Waals surface area contributed by atoms with Crippen LogP contribution in [0.25, 0.3) is 0 Å². The van der Waals surface area contributed by atoms with Gasteiger partial charge in [0.25, 0.3) is 9.84 Å². The Kier molecular flexibility index (Phi) is 3.31. The Balaban J connectivity index is 3.55. The van der Waals surface area contributed by atoms with Crippen LogP contribution in [-0.2, 0) is 15.3 Å². The zero-order valence-electron chi connectivity index (χ0n) is 9.67. The normalized spacial score (nSPS) is 13.8. The van der Waals surface area contributed by atoms with Crippen molar-refractivity contribution >= 4 is 9.84 Å². The minimum absolute atomic E-state index is 0.164. The Morgan fingerprint density at radius 2 is 1.47 bits per heavy atom. The molecule has 0 aliphatic rings.